The van der Waals surface area contributed by atoms with Gasteiger partial charge in [0.15, 0.2) is 0 Å². The van der Waals surface area contributed by atoms with E-state index in [1.54, 1.807) is 0 Å². The number of rotatable bonds is 3. The first-order valence-corrected chi connectivity index (χ1v) is 5.58. The smallest absolute Gasteiger partial charge is 0.105 e. The van der Waals surface area contributed by atoms with E-state index in [4.69, 9.17) is 5.73 Å². The summed E-state index contributed by atoms with van der Waals surface area (Å²) in [5.41, 5.74) is 8.37. The monoisotopic (exact) mass is 205 g/mol. The van der Waals surface area contributed by atoms with Crippen LogP contribution in [-0.4, -0.2) is 11.7 Å². The lowest BCUT2D eigenvalue weighted by atomic mass is 9.84. The van der Waals surface area contributed by atoms with Crippen molar-refractivity contribution < 1.29 is 5.11 Å². The Morgan fingerprint density at radius 1 is 1.40 bits per heavy atom. The molecule has 82 valence electrons. The fourth-order valence-electron chi connectivity index (χ4n) is 2.28. The van der Waals surface area contributed by atoms with Crippen LogP contribution in [-0.2, 0) is 5.60 Å². The van der Waals surface area contributed by atoms with Gasteiger partial charge in [-0.05, 0) is 49.3 Å². The molecule has 1 aromatic rings. The van der Waals surface area contributed by atoms with E-state index in [9.17, 15) is 5.11 Å². The standard InChI is InChI=1S/C13H19NO/c1-9-4-3-5-12(10(9)2)13(15,8-14)11-6-7-11/h3-5,11,15H,6-8,14H2,1-2H3. The highest BCUT2D eigenvalue weighted by Gasteiger charge is 2.44. The predicted molar refractivity (Wildman–Crippen MR) is 61.6 cm³/mol. The van der Waals surface area contributed by atoms with Crippen molar-refractivity contribution in [1.82, 2.24) is 0 Å². The Morgan fingerprint density at radius 2 is 2.07 bits per heavy atom. The summed E-state index contributed by atoms with van der Waals surface area (Å²) >= 11 is 0. The molecule has 1 aromatic carbocycles. The Bertz CT molecular complexity index is 371. The zero-order chi connectivity index (χ0) is 11.1. The van der Waals surface area contributed by atoms with Crippen molar-refractivity contribution in [2.75, 3.05) is 6.54 Å². The molecule has 2 heteroatoms. The van der Waals surface area contributed by atoms with Crippen molar-refractivity contribution in [3.8, 4) is 0 Å². The lowest BCUT2D eigenvalue weighted by Crippen LogP contribution is -2.37. The number of aliphatic hydroxyl groups is 1. The summed E-state index contributed by atoms with van der Waals surface area (Å²) in [6, 6.07) is 6.08. The van der Waals surface area contributed by atoms with Crippen LogP contribution in [0, 0.1) is 19.8 Å². The van der Waals surface area contributed by atoms with Crippen molar-refractivity contribution in [2.24, 2.45) is 11.7 Å². The maximum atomic E-state index is 10.6. The fraction of sp³-hybridized carbons (Fsp3) is 0.538. The summed E-state index contributed by atoms with van der Waals surface area (Å²) in [5, 5.41) is 10.6. The Morgan fingerprint density at radius 3 is 2.60 bits per heavy atom. The van der Waals surface area contributed by atoms with Crippen LogP contribution in [0.25, 0.3) is 0 Å². The predicted octanol–water partition coefficient (Wildman–Crippen LogP) is 1.86. The summed E-state index contributed by atoms with van der Waals surface area (Å²) in [6.45, 7) is 4.46. The van der Waals surface area contributed by atoms with Gasteiger partial charge in [0.2, 0.25) is 0 Å². The van der Waals surface area contributed by atoms with Gasteiger partial charge in [-0.1, -0.05) is 18.2 Å². The molecule has 1 saturated carbocycles. The molecule has 0 radical (unpaired) electrons. The molecule has 0 spiro atoms. The number of hydrogen-bond acceptors (Lipinski definition) is 2. The summed E-state index contributed by atoms with van der Waals surface area (Å²) in [5.74, 6) is 0.364. The minimum absolute atomic E-state index is 0.321. The summed E-state index contributed by atoms with van der Waals surface area (Å²) in [7, 11) is 0. The van der Waals surface area contributed by atoms with E-state index in [0.717, 1.165) is 18.4 Å². The molecule has 1 aliphatic rings. The molecule has 0 saturated heterocycles. The van der Waals surface area contributed by atoms with Gasteiger partial charge >= 0.3 is 0 Å². The molecule has 1 aliphatic carbocycles. The molecule has 0 heterocycles. The third kappa shape index (κ3) is 1.68. The first-order valence-electron chi connectivity index (χ1n) is 5.58. The van der Waals surface area contributed by atoms with Crippen LogP contribution in [0.4, 0.5) is 0 Å². The summed E-state index contributed by atoms with van der Waals surface area (Å²) < 4.78 is 0. The summed E-state index contributed by atoms with van der Waals surface area (Å²) in [4.78, 5) is 0. The molecule has 15 heavy (non-hydrogen) atoms. The highest BCUT2D eigenvalue weighted by atomic mass is 16.3. The second-order valence-electron chi connectivity index (χ2n) is 4.65. The van der Waals surface area contributed by atoms with Gasteiger partial charge in [0.1, 0.15) is 5.60 Å². The van der Waals surface area contributed by atoms with E-state index in [0.29, 0.717) is 12.5 Å². The van der Waals surface area contributed by atoms with Crippen molar-refractivity contribution in [2.45, 2.75) is 32.3 Å². The van der Waals surface area contributed by atoms with Crippen LogP contribution >= 0.6 is 0 Å². The molecule has 0 bridgehead atoms. The van der Waals surface area contributed by atoms with Crippen molar-refractivity contribution in [3.63, 3.8) is 0 Å². The van der Waals surface area contributed by atoms with Crippen molar-refractivity contribution in [1.29, 1.82) is 0 Å². The second kappa shape index (κ2) is 3.62. The van der Waals surface area contributed by atoms with Gasteiger partial charge in [0, 0.05) is 6.54 Å². The molecule has 0 aliphatic heterocycles. The largest absolute Gasteiger partial charge is 0.384 e. The van der Waals surface area contributed by atoms with E-state index in [2.05, 4.69) is 19.9 Å². The number of aryl methyl sites for hydroxylation is 1. The third-order valence-corrected chi connectivity index (χ3v) is 3.63. The first kappa shape index (κ1) is 10.7. The molecule has 1 unspecified atom stereocenters. The van der Waals surface area contributed by atoms with Crippen LogP contribution in [0.1, 0.15) is 29.5 Å². The zero-order valence-corrected chi connectivity index (χ0v) is 9.46. The third-order valence-electron chi connectivity index (χ3n) is 3.63. The van der Waals surface area contributed by atoms with E-state index in [-0.39, 0.29) is 0 Å². The van der Waals surface area contributed by atoms with Gasteiger partial charge in [-0.15, -0.1) is 0 Å². The van der Waals surface area contributed by atoms with Crippen molar-refractivity contribution in [3.05, 3.63) is 34.9 Å². The normalized spacial score (nSPS) is 20.0. The molecule has 0 aromatic heterocycles. The molecular formula is C13H19NO. The summed E-state index contributed by atoms with van der Waals surface area (Å²) in [6.07, 6.45) is 2.20. The van der Waals surface area contributed by atoms with Gasteiger partial charge in [-0.2, -0.15) is 0 Å². The van der Waals surface area contributed by atoms with Crippen LogP contribution in [0.3, 0.4) is 0 Å². The Balaban J connectivity index is 2.46. The highest BCUT2D eigenvalue weighted by Crippen LogP contribution is 2.46. The van der Waals surface area contributed by atoms with E-state index in [1.807, 2.05) is 12.1 Å². The van der Waals surface area contributed by atoms with Crippen molar-refractivity contribution >= 4 is 0 Å². The van der Waals surface area contributed by atoms with Gasteiger partial charge in [-0.3, -0.25) is 0 Å². The molecular weight excluding hydrogens is 186 g/mol. The van der Waals surface area contributed by atoms with Gasteiger partial charge in [0.25, 0.3) is 0 Å². The highest BCUT2D eigenvalue weighted by molar-refractivity contribution is 5.38. The van der Waals surface area contributed by atoms with E-state index >= 15 is 0 Å². The SMILES string of the molecule is Cc1cccc(C(O)(CN)C2CC2)c1C. The molecule has 2 nitrogen and oxygen atoms in total. The molecule has 2 rings (SSSR count). The average molecular weight is 205 g/mol. The molecule has 0 amide bonds. The number of nitrogens with two attached hydrogens (primary N) is 1. The number of hydrogen-bond donors (Lipinski definition) is 2. The molecule has 1 atom stereocenters. The van der Waals surface area contributed by atoms with E-state index in [1.165, 1.54) is 11.1 Å². The Kier molecular flexibility index (Phi) is 2.57. The Labute approximate surface area is 91.1 Å². The average Bonchev–Trinajstić information content (AvgIpc) is 3.05. The van der Waals surface area contributed by atoms with E-state index < -0.39 is 5.60 Å². The van der Waals surface area contributed by atoms with Gasteiger partial charge in [0.05, 0.1) is 0 Å². The van der Waals surface area contributed by atoms with Gasteiger partial charge < -0.3 is 10.8 Å². The first-order chi connectivity index (χ1) is 7.09. The molecule has 1 fully saturated rings. The maximum Gasteiger partial charge on any atom is 0.105 e. The fourth-order valence-corrected chi connectivity index (χ4v) is 2.28. The van der Waals surface area contributed by atoms with Crippen LogP contribution in [0.5, 0.6) is 0 Å². The topological polar surface area (TPSA) is 46.2 Å². The van der Waals surface area contributed by atoms with Crippen LogP contribution in [0.2, 0.25) is 0 Å². The number of benzene rings is 1. The Hall–Kier alpha value is -0.860. The lowest BCUT2D eigenvalue weighted by Gasteiger charge is -2.29. The molecule has 3 N–H and O–H groups in total. The van der Waals surface area contributed by atoms with Gasteiger partial charge in [-0.25, -0.2) is 0 Å². The van der Waals surface area contributed by atoms with Crippen LogP contribution < -0.4 is 5.73 Å². The van der Waals surface area contributed by atoms with Crippen LogP contribution in [0.15, 0.2) is 18.2 Å². The quantitative estimate of drug-likeness (QED) is 0.791. The second-order valence-corrected chi connectivity index (χ2v) is 4.65. The lowest BCUT2D eigenvalue weighted by molar-refractivity contribution is 0.0216. The minimum Gasteiger partial charge on any atom is -0.384 e. The minimum atomic E-state index is -0.796. The maximum absolute atomic E-state index is 10.6. The zero-order valence-electron chi connectivity index (χ0n) is 9.46.